The smallest absolute Gasteiger partial charge is 0.462 e. The van der Waals surface area contributed by atoms with E-state index in [0.717, 1.165) is 57.8 Å². The Kier molecular flexibility index (Phi) is 29.3. The fourth-order valence-corrected chi connectivity index (χ4v) is 4.39. The number of aliphatic hydroxyl groups excluding tert-OH is 2. The third-order valence-electron chi connectivity index (χ3n) is 6.14. The molecule has 3 atom stereocenters. The van der Waals surface area contributed by atoms with Gasteiger partial charge in [0.1, 0.15) is 12.7 Å². The lowest BCUT2D eigenvalue weighted by Crippen LogP contribution is -2.29. The van der Waals surface area contributed by atoms with Gasteiger partial charge in [0.15, 0.2) is 6.10 Å². The number of rotatable bonds is 29. The highest BCUT2D eigenvalue weighted by atomic mass is 31.2. The number of aliphatic hydroxyl groups is 2. The Labute approximate surface area is 276 Å². The fraction of sp³-hybridized carbons (Fsp3) is 0.600. The number of phosphoric ester groups is 1. The molecule has 3 unspecified atom stereocenters. The van der Waals surface area contributed by atoms with Gasteiger partial charge >= 0.3 is 19.8 Å². The van der Waals surface area contributed by atoms with E-state index >= 15 is 0 Å². The molecule has 3 N–H and O–H groups in total. The van der Waals surface area contributed by atoms with Gasteiger partial charge in [0.2, 0.25) is 0 Å². The van der Waals surface area contributed by atoms with E-state index in [4.69, 9.17) is 19.1 Å². The monoisotopic (exact) mass is 668 g/mol. The van der Waals surface area contributed by atoms with Gasteiger partial charge in [-0.05, 0) is 51.4 Å². The maximum Gasteiger partial charge on any atom is 0.472 e. The molecule has 0 aromatic carbocycles. The minimum atomic E-state index is -4.62. The van der Waals surface area contributed by atoms with Crippen LogP contribution in [0.3, 0.4) is 0 Å². The summed E-state index contributed by atoms with van der Waals surface area (Å²) in [5.41, 5.74) is 0. The average molecular weight is 669 g/mol. The van der Waals surface area contributed by atoms with Crippen molar-refractivity contribution in [2.75, 3.05) is 26.4 Å². The molecule has 0 aliphatic heterocycles. The largest absolute Gasteiger partial charge is 0.472 e. The lowest BCUT2D eigenvalue weighted by Gasteiger charge is -2.20. The maximum absolute atomic E-state index is 12.4. The highest BCUT2D eigenvalue weighted by Gasteiger charge is 2.27. The highest BCUT2D eigenvalue weighted by molar-refractivity contribution is 7.47. The quantitative estimate of drug-likeness (QED) is 0.0319. The van der Waals surface area contributed by atoms with Crippen molar-refractivity contribution in [2.24, 2.45) is 0 Å². The number of hydrogen-bond donors (Lipinski definition) is 3. The molecular formula is C35H57O10P. The van der Waals surface area contributed by atoms with Gasteiger partial charge in [0.05, 0.1) is 19.8 Å². The number of esters is 2. The van der Waals surface area contributed by atoms with Crippen LogP contribution in [0, 0.1) is 0 Å². The molecular weight excluding hydrogens is 611 g/mol. The molecule has 0 aromatic heterocycles. The summed E-state index contributed by atoms with van der Waals surface area (Å²) in [5, 5.41) is 18.1. The zero-order chi connectivity index (χ0) is 34.1. The normalized spacial score (nSPS) is 15.2. The van der Waals surface area contributed by atoms with Crippen LogP contribution in [0.25, 0.3) is 0 Å². The van der Waals surface area contributed by atoms with Crippen LogP contribution in [0.4, 0.5) is 0 Å². The molecule has 0 rings (SSSR count). The molecule has 0 amide bonds. The first-order chi connectivity index (χ1) is 22.2. The predicted molar refractivity (Wildman–Crippen MR) is 182 cm³/mol. The lowest BCUT2D eigenvalue weighted by molar-refractivity contribution is -0.161. The molecule has 0 saturated carbocycles. The number of carbonyl (C=O) groups excluding carboxylic acids is 2. The van der Waals surface area contributed by atoms with Gasteiger partial charge in [-0.3, -0.25) is 18.6 Å². The van der Waals surface area contributed by atoms with Crippen LogP contribution in [0.5, 0.6) is 0 Å². The van der Waals surface area contributed by atoms with Gasteiger partial charge in [0.25, 0.3) is 0 Å². The first kappa shape index (κ1) is 43.4. The van der Waals surface area contributed by atoms with E-state index < -0.39 is 51.8 Å². The maximum atomic E-state index is 12.4. The number of allylic oxidation sites excluding steroid dienone is 12. The Morgan fingerprint density at radius 3 is 1.72 bits per heavy atom. The summed E-state index contributed by atoms with van der Waals surface area (Å²) in [6, 6.07) is 0. The molecule has 46 heavy (non-hydrogen) atoms. The number of hydrogen-bond acceptors (Lipinski definition) is 9. The average Bonchev–Trinajstić information content (AvgIpc) is 3.04. The summed E-state index contributed by atoms with van der Waals surface area (Å²) in [5.74, 6) is -1.05. The third kappa shape index (κ3) is 30.1. The van der Waals surface area contributed by atoms with Crippen molar-refractivity contribution >= 4 is 19.8 Å². The molecule has 262 valence electrons. The van der Waals surface area contributed by atoms with E-state index in [-0.39, 0.29) is 19.4 Å². The van der Waals surface area contributed by atoms with E-state index in [1.165, 1.54) is 0 Å². The summed E-state index contributed by atoms with van der Waals surface area (Å²) in [7, 11) is -4.62. The molecule has 0 aliphatic carbocycles. The minimum Gasteiger partial charge on any atom is -0.462 e. The first-order valence-electron chi connectivity index (χ1n) is 16.4. The molecule has 0 bridgehead atoms. The van der Waals surface area contributed by atoms with Crippen molar-refractivity contribution in [3.8, 4) is 0 Å². The van der Waals surface area contributed by atoms with Gasteiger partial charge in [-0.1, -0.05) is 106 Å². The summed E-state index contributed by atoms with van der Waals surface area (Å²) in [6.07, 6.45) is 32.5. The molecule has 0 fully saturated rings. The van der Waals surface area contributed by atoms with Gasteiger partial charge < -0.3 is 24.6 Å². The van der Waals surface area contributed by atoms with E-state index in [1.807, 2.05) is 18.2 Å². The van der Waals surface area contributed by atoms with Crippen LogP contribution in [0.1, 0.15) is 97.3 Å². The van der Waals surface area contributed by atoms with Crippen LogP contribution in [0.15, 0.2) is 72.9 Å². The van der Waals surface area contributed by atoms with Gasteiger partial charge in [-0.25, -0.2) is 4.57 Å². The molecule has 0 heterocycles. The van der Waals surface area contributed by atoms with Crippen LogP contribution < -0.4 is 0 Å². The van der Waals surface area contributed by atoms with Crippen LogP contribution in [-0.4, -0.2) is 65.7 Å². The summed E-state index contributed by atoms with van der Waals surface area (Å²) in [6.45, 7) is 1.98. The van der Waals surface area contributed by atoms with Crippen LogP contribution in [0.2, 0.25) is 0 Å². The number of phosphoric acid groups is 1. The van der Waals surface area contributed by atoms with Crippen molar-refractivity contribution in [3.05, 3.63) is 72.9 Å². The summed E-state index contributed by atoms with van der Waals surface area (Å²) >= 11 is 0. The van der Waals surface area contributed by atoms with Crippen molar-refractivity contribution in [3.63, 3.8) is 0 Å². The summed E-state index contributed by atoms with van der Waals surface area (Å²) < 4.78 is 32.1. The van der Waals surface area contributed by atoms with Gasteiger partial charge in [-0.2, -0.15) is 0 Å². The van der Waals surface area contributed by atoms with E-state index in [2.05, 4.69) is 73.1 Å². The first-order valence-corrected chi connectivity index (χ1v) is 17.9. The number of unbranched alkanes of at least 4 members (excludes halogenated alkanes) is 3. The van der Waals surface area contributed by atoms with Gasteiger partial charge in [-0.15, -0.1) is 0 Å². The number of carbonyl (C=O) groups is 2. The topological polar surface area (TPSA) is 149 Å². The Balaban J connectivity index is 4.46. The molecule has 0 aromatic rings. The molecule has 0 spiro atoms. The predicted octanol–water partition coefficient (Wildman–Crippen LogP) is 7.38. The third-order valence-corrected chi connectivity index (χ3v) is 7.09. The molecule has 0 radical (unpaired) electrons. The Morgan fingerprint density at radius 1 is 0.674 bits per heavy atom. The summed E-state index contributed by atoms with van der Waals surface area (Å²) in [4.78, 5) is 34.3. The Hall–Kier alpha value is -2.59. The minimum absolute atomic E-state index is 0.0552. The zero-order valence-electron chi connectivity index (χ0n) is 27.8. The van der Waals surface area contributed by atoms with Crippen molar-refractivity contribution in [1.29, 1.82) is 0 Å². The second-order valence-electron chi connectivity index (χ2n) is 10.5. The highest BCUT2D eigenvalue weighted by Crippen LogP contribution is 2.43. The fourth-order valence-electron chi connectivity index (χ4n) is 3.60. The van der Waals surface area contributed by atoms with Crippen LogP contribution in [-0.2, 0) is 32.7 Å². The Morgan fingerprint density at radius 2 is 1.20 bits per heavy atom. The standard InChI is InChI=1S/C35H57O10P/c1-3-5-7-9-10-11-12-13-14-15-16-17-18-19-20-21-22-23-25-27-35(39)45-33(30-42-34(38)26-24-8-6-4-2)31-44-46(40,41)43-29-32(37)28-36/h5,7,10-11,13-14,16-17,19-20,22-23,32-33,36-37H,3-4,6,8-9,12,15,18,21,24-31H2,1-2H3,(H,40,41)/b7-5-,11-10-,14-13-,17-16-,20-19-,23-22-. The van der Waals surface area contributed by atoms with E-state index in [0.29, 0.717) is 12.8 Å². The van der Waals surface area contributed by atoms with Crippen molar-refractivity contribution in [1.82, 2.24) is 0 Å². The van der Waals surface area contributed by atoms with E-state index in [9.17, 15) is 24.2 Å². The van der Waals surface area contributed by atoms with Gasteiger partial charge in [0, 0.05) is 12.8 Å². The van der Waals surface area contributed by atoms with E-state index in [1.54, 1.807) is 0 Å². The molecule has 0 aliphatic rings. The molecule has 11 heteroatoms. The molecule has 10 nitrogen and oxygen atoms in total. The second kappa shape index (κ2) is 31.0. The number of ether oxygens (including phenoxy) is 2. The van der Waals surface area contributed by atoms with Crippen molar-refractivity contribution in [2.45, 2.75) is 110 Å². The molecule has 0 saturated heterocycles. The van der Waals surface area contributed by atoms with Crippen molar-refractivity contribution < 1.29 is 47.8 Å². The van der Waals surface area contributed by atoms with Crippen LogP contribution >= 0.6 is 7.82 Å². The second-order valence-corrected chi connectivity index (χ2v) is 11.9. The SMILES string of the molecule is CC/C=C\C/C=C\C/C=C\C/C=C\C/C=C\C/C=C\CCC(=O)OC(COC(=O)CCCCCC)COP(=O)(O)OCC(O)CO. The Bertz CT molecular complexity index is 999. The lowest BCUT2D eigenvalue weighted by atomic mass is 10.2. The zero-order valence-corrected chi connectivity index (χ0v) is 28.6.